The summed E-state index contributed by atoms with van der Waals surface area (Å²) in [7, 11) is 1.47. The third-order valence-electron chi connectivity index (χ3n) is 2.50. The van der Waals surface area contributed by atoms with E-state index < -0.39 is 11.8 Å². The molecular weight excluding hydrogens is 237 g/mol. The lowest BCUT2D eigenvalue weighted by molar-refractivity contribution is 0.0697. The van der Waals surface area contributed by atoms with Crippen LogP contribution in [-0.4, -0.2) is 23.2 Å². The number of carbonyl (C=O) groups is 1. The lowest BCUT2D eigenvalue weighted by Crippen LogP contribution is -2.01. The van der Waals surface area contributed by atoms with Crippen molar-refractivity contribution in [3.63, 3.8) is 0 Å². The van der Waals surface area contributed by atoms with Gasteiger partial charge in [-0.2, -0.15) is 0 Å². The summed E-state index contributed by atoms with van der Waals surface area (Å²) in [5.74, 6) is -1.31. The van der Waals surface area contributed by atoms with Crippen LogP contribution in [0.4, 0.5) is 4.39 Å². The minimum Gasteiger partial charge on any atom is -0.496 e. The van der Waals surface area contributed by atoms with E-state index in [1.807, 2.05) is 0 Å². The highest BCUT2D eigenvalue weighted by atomic mass is 19.1. The molecule has 18 heavy (non-hydrogen) atoms. The van der Waals surface area contributed by atoms with Gasteiger partial charge in [0.15, 0.2) is 0 Å². The van der Waals surface area contributed by atoms with Gasteiger partial charge in [0.05, 0.1) is 12.7 Å². The van der Waals surface area contributed by atoms with E-state index in [9.17, 15) is 9.18 Å². The minimum atomic E-state index is -1.20. The van der Waals surface area contributed by atoms with Crippen molar-refractivity contribution in [2.75, 3.05) is 7.11 Å². The Morgan fingerprint density at radius 1 is 1.33 bits per heavy atom. The van der Waals surface area contributed by atoms with Crippen LogP contribution in [0.3, 0.4) is 0 Å². The lowest BCUT2D eigenvalue weighted by atomic mass is 10.0. The number of aromatic carboxylic acids is 1. The Kier molecular flexibility index (Phi) is 3.23. The third-order valence-corrected chi connectivity index (χ3v) is 2.50. The van der Waals surface area contributed by atoms with Crippen molar-refractivity contribution in [1.82, 2.24) is 4.98 Å². The van der Waals surface area contributed by atoms with Gasteiger partial charge in [-0.3, -0.25) is 4.98 Å². The molecule has 0 atom stereocenters. The number of methoxy groups -OCH3 is 1. The summed E-state index contributed by atoms with van der Waals surface area (Å²) < 4.78 is 18.2. The number of halogens is 1. The van der Waals surface area contributed by atoms with E-state index in [4.69, 9.17) is 9.84 Å². The molecule has 0 bridgehead atoms. The van der Waals surface area contributed by atoms with E-state index in [0.29, 0.717) is 16.9 Å². The van der Waals surface area contributed by atoms with Crippen molar-refractivity contribution < 1.29 is 19.0 Å². The highest BCUT2D eigenvalue weighted by Crippen LogP contribution is 2.31. The molecule has 1 N–H and O–H groups in total. The van der Waals surface area contributed by atoms with Gasteiger partial charge in [-0.15, -0.1) is 0 Å². The molecule has 0 aliphatic rings. The van der Waals surface area contributed by atoms with Gasteiger partial charge in [0.2, 0.25) is 0 Å². The van der Waals surface area contributed by atoms with Crippen molar-refractivity contribution >= 4 is 5.97 Å². The topological polar surface area (TPSA) is 59.4 Å². The Bertz CT molecular complexity index is 599. The molecule has 1 aromatic carbocycles. The van der Waals surface area contributed by atoms with E-state index in [2.05, 4.69) is 4.98 Å². The van der Waals surface area contributed by atoms with Crippen LogP contribution in [0.15, 0.2) is 36.7 Å². The standard InChI is InChI=1S/C13H10FNO3/c1-18-12-4-5-15-7-11(12)9-3-2-8(14)6-10(9)13(16)17/h2-7H,1H3,(H,16,17). The molecule has 1 aromatic heterocycles. The molecule has 0 unspecified atom stereocenters. The zero-order chi connectivity index (χ0) is 13.1. The molecule has 0 saturated heterocycles. The Balaban J connectivity index is 2.67. The predicted octanol–water partition coefficient (Wildman–Crippen LogP) is 2.59. The summed E-state index contributed by atoms with van der Waals surface area (Å²) in [6.07, 6.45) is 3.02. The van der Waals surface area contributed by atoms with Gasteiger partial charge in [-0.1, -0.05) is 6.07 Å². The first-order valence-electron chi connectivity index (χ1n) is 5.14. The minimum absolute atomic E-state index is 0.124. The van der Waals surface area contributed by atoms with Crippen molar-refractivity contribution in [1.29, 1.82) is 0 Å². The van der Waals surface area contributed by atoms with Gasteiger partial charge in [-0.25, -0.2) is 9.18 Å². The summed E-state index contributed by atoms with van der Waals surface area (Å²) in [5, 5.41) is 9.09. The Morgan fingerprint density at radius 2 is 2.11 bits per heavy atom. The summed E-state index contributed by atoms with van der Waals surface area (Å²) >= 11 is 0. The zero-order valence-electron chi connectivity index (χ0n) is 9.55. The van der Waals surface area contributed by atoms with E-state index in [0.717, 1.165) is 6.07 Å². The second-order valence-electron chi connectivity index (χ2n) is 3.57. The second-order valence-corrected chi connectivity index (χ2v) is 3.57. The van der Waals surface area contributed by atoms with Crippen molar-refractivity contribution in [2.24, 2.45) is 0 Å². The molecule has 0 fully saturated rings. The fourth-order valence-corrected chi connectivity index (χ4v) is 1.69. The summed E-state index contributed by atoms with van der Waals surface area (Å²) in [5.41, 5.74) is 0.757. The number of carboxylic acids is 1. The van der Waals surface area contributed by atoms with Crippen LogP contribution in [0, 0.1) is 5.82 Å². The van der Waals surface area contributed by atoms with Gasteiger partial charge in [0, 0.05) is 23.5 Å². The van der Waals surface area contributed by atoms with E-state index in [-0.39, 0.29) is 5.56 Å². The molecule has 4 nitrogen and oxygen atoms in total. The number of hydrogen-bond donors (Lipinski definition) is 1. The van der Waals surface area contributed by atoms with Crippen LogP contribution in [0.25, 0.3) is 11.1 Å². The summed E-state index contributed by atoms with van der Waals surface area (Å²) in [6.45, 7) is 0. The van der Waals surface area contributed by atoms with Crippen molar-refractivity contribution in [2.45, 2.75) is 0 Å². The molecular formula is C13H10FNO3. The highest BCUT2D eigenvalue weighted by Gasteiger charge is 2.15. The van der Waals surface area contributed by atoms with Crippen LogP contribution in [0.1, 0.15) is 10.4 Å². The molecule has 0 spiro atoms. The summed E-state index contributed by atoms with van der Waals surface area (Å²) in [4.78, 5) is 15.0. The maximum Gasteiger partial charge on any atom is 0.336 e. The first-order valence-corrected chi connectivity index (χ1v) is 5.14. The molecule has 2 rings (SSSR count). The molecule has 0 aliphatic heterocycles. The maximum absolute atomic E-state index is 13.1. The van der Waals surface area contributed by atoms with Crippen LogP contribution in [0.2, 0.25) is 0 Å². The summed E-state index contributed by atoms with van der Waals surface area (Å²) in [6, 6.07) is 5.20. The van der Waals surface area contributed by atoms with E-state index >= 15 is 0 Å². The number of pyridine rings is 1. The van der Waals surface area contributed by atoms with Gasteiger partial charge in [-0.05, 0) is 18.2 Å². The average Bonchev–Trinajstić information content (AvgIpc) is 2.38. The number of carboxylic acid groups (broad SMARTS) is 1. The van der Waals surface area contributed by atoms with E-state index in [1.54, 1.807) is 6.07 Å². The molecule has 0 amide bonds. The molecule has 1 heterocycles. The number of benzene rings is 1. The van der Waals surface area contributed by atoms with Gasteiger partial charge in [0.1, 0.15) is 11.6 Å². The number of nitrogens with zero attached hydrogens (tertiary/aromatic N) is 1. The first kappa shape index (κ1) is 12.0. The van der Waals surface area contributed by atoms with Crippen LogP contribution in [-0.2, 0) is 0 Å². The molecule has 0 radical (unpaired) electrons. The third kappa shape index (κ3) is 2.15. The van der Waals surface area contributed by atoms with Crippen molar-refractivity contribution in [3.8, 4) is 16.9 Å². The molecule has 2 aromatic rings. The fraction of sp³-hybridized carbons (Fsp3) is 0.0769. The van der Waals surface area contributed by atoms with Gasteiger partial charge < -0.3 is 9.84 Å². The quantitative estimate of drug-likeness (QED) is 0.905. The molecule has 0 aliphatic carbocycles. The number of aromatic nitrogens is 1. The SMILES string of the molecule is COc1ccncc1-c1ccc(F)cc1C(=O)O. The van der Waals surface area contributed by atoms with Gasteiger partial charge in [0.25, 0.3) is 0 Å². The maximum atomic E-state index is 13.1. The fourth-order valence-electron chi connectivity index (χ4n) is 1.69. The lowest BCUT2D eigenvalue weighted by Gasteiger charge is -2.10. The Labute approximate surface area is 103 Å². The van der Waals surface area contributed by atoms with Crippen molar-refractivity contribution in [3.05, 3.63) is 48.0 Å². The van der Waals surface area contributed by atoms with Crippen LogP contribution in [0.5, 0.6) is 5.75 Å². The number of rotatable bonds is 3. The highest BCUT2D eigenvalue weighted by molar-refractivity contribution is 5.96. The first-order chi connectivity index (χ1) is 8.63. The monoisotopic (exact) mass is 247 g/mol. The largest absolute Gasteiger partial charge is 0.496 e. The second kappa shape index (κ2) is 4.83. The molecule has 0 saturated carbocycles. The Morgan fingerprint density at radius 3 is 2.78 bits per heavy atom. The zero-order valence-corrected chi connectivity index (χ0v) is 9.55. The van der Waals surface area contributed by atoms with E-state index in [1.165, 1.54) is 31.6 Å². The number of ether oxygens (including phenoxy) is 1. The smallest absolute Gasteiger partial charge is 0.336 e. The van der Waals surface area contributed by atoms with Crippen LogP contribution >= 0.6 is 0 Å². The average molecular weight is 247 g/mol. The van der Waals surface area contributed by atoms with Crippen LogP contribution < -0.4 is 4.74 Å². The predicted molar refractivity (Wildman–Crippen MR) is 63.1 cm³/mol. The van der Waals surface area contributed by atoms with Gasteiger partial charge >= 0.3 is 5.97 Å². The number of hydrogen-bond acceptors (Lipinski definition) is 3. The Hall–Kier alpha value is -2.43. The normalized spacial score (nSPS) is 10.1. The molecule has 5 heteroatoms. The molecule has 92 valence electrons.